The van der Waals surface area contributed by atoms with E-state index in [0.717, 1.165) is 25.7 Å². The fourth-order valence-electron chi connectivity index (χ4n) is 1.54. The molecule has 0 aromatic heterocycles. The first-order valence-corrected chi connectivity index (χ1v) is 5.91. The van der Waals surface area contributed by atoms with E-state index in [2.05, 4.69) is 32.9 Å². The van der Waals surface area contributed by atoms with Crippen molar-refractivity contribution >= 4 is 5.78 Å². The second-order valence-corrected chi connectivity index (χ2v) is 4.82. The van der Waals surface area contributed by atoms with Gasteiger partial charge < -0.3 is 0 Å². The Morgan fingerprint density at radius 3 is 2.40 bits per heavy atom. The van der Waals surface area contributed by atoms with E-state index in [1.54, 1.807) is 0 Å². The van der Waals surface area contributed by atoms with Gasteiger partial charge in [0.1, 0.15) is 5.78 Å². The molecular weight excluding hydrogens is 184 g/mol. The Morgan fingerprint density at radius 1 is 1.20 bits per heavy atom. The molecule has 1 heteroatoms. The van der Waals surface area contributed by atoms with Gasteiger partial charge in [0.25, 0.3) is 0 Å². The highest BCUT2D eigenvalue weighted by Crippen LogP contribution is 2.31. The molecule has 1 aliphatic rings. The minimum absolute atomic E-state index is 0.409. The highest BCUT2D eigenvalue weighted by molar-refractivity contribution is 5.84. The number of allylic oxidation sites excluding steroid dienone is 4. The number of Topliss-reactive ketones (excluding diaryl/α,β-unsaturated/α-hetero) is 1. The van der Waals surface area contributed by atoms with Gasteiger partial charge in [-0.15, -0.1) is 0 Å². The van der Waals surface area contributed by atoms with Crippen molar-refractivity contribution in [3.8, 4) is 0 Å². The van der Waals surface area contributed by atoms with E-state index in [-0.39, 0.29) is 0 Å². The van der Waals surface area contributed by atoms with E-state index in [1.165, 1.54) is 11.1 Å². The maximum Gasteiger partial charge on any atom is 0.139 e. The van der Waals surface area contributed by atoms with Crippen LogP contribution in [0, 0.1) is 5.92 Å². The van der Waals surface area contributed by atoms with E-state index < -0.39 is 0 Å². The summed E-state index contributed by atoms with van der Waals surface area (Å²) in [6.45, 7) is 6.37. The van der Waals surface area contributed by atoms with E-state index in [9.17, 15) is 4.79 Å². The summed E-state index contributed by atoms with van der Waals surface area (Å²) in [5.41, 5.74) is 2.72. The summed E-state index contributed by atoms with van der Waals surface area (Å²) in [6, 6.07) is 0. The van der Waals surface area contributed by atoms with Gasteiger partial charge in [-0.25, -0.2) is 0 Å². The molecule has 1 saturated carbocycles. The first kappa shape index (κ1) is 12.2. The second kappa shape index (κ2) is 5.89. The van der Waals surface area contributed by atoms with Crippen molar-refractivity contribution in [3.63, 3.8) is 0 Å². The molecule has 0 aromatic carbocycles. The van der Waals surface area contributed by atoms with Gasteiger partial charge in [0.15, 0.2) is 0 Å². The second-order valence-electron chi connectivity index (χ2n) is 4.82. The molecule has 0 radical (unpaired) electrons. The molecule has 15 heavy (non-hydrogen) atoms. The van der Waals surface area contributed by atoms with Gasteiger partial charge >= 0.3 is 0 Å². The Kier molecular flexibility index (Phi) is 4.80. The highest BCUT2D eigenvalue weighted by Gasteiger charge is 2.28. The van der Waals surface area contributed by atoms with E-state index in [0.29, 0.717) is 18.1 Å². The third-order valence-electron chi connectivity index (χ3n) is 2.78. The fraction of sp³-hybridized carbons (Fsp3) is 0.643. The minimum atomic E-state index is 0.409. The lowest BCUT2D eigenvalue weighted by molar-refractivity contribution is -0.119. The van der Waals surface area contributed by atoms with Crippen molar-refractivity contribution in [1.29, 1.82) is 0 Å². The van der Waals surface area contributed by atoms with Crippen LogP contribution < -0.4 is 0 Å². The topological polar surface area (TPSA) is 17.1 Å². The van der Waals surface area contributed by atoms with Crippen LogP contribution in [-0.4, -0.2) is 5.78 Å². The predicted molar refractivity (Wildman–Crippen MR) is 64.8 cm³/mol. The average molecular weight is 206 g/mol. The smallest absolute Gasteiger partial charge is 0.139 e. The molecule has 0 aromatic rings. The Bertz CT molecular complexity index is 276. The molecule has 1 aliphatic carbocycles. The zero-order valence-electron chi connectivity index (χ0n) is 10.2. The number of hydrogen-bond acceptors (Lipinski definition) is 1. The number of rotatable bonds is 6. The Labute approximate surface area is 93.3 Å². The SMILES string of the molecule is CC(C)=CCC/C(C)=C/CC(=O)C1CC1. The van der Waals surface area contributed by atoms with Crippen molar-refractivity contribution in [3.05, 3.63) is 23.3 Å². The Morgan fingerprint density at radius 2 is 1.87 bits per heavy atom. The maximum absolute atomic E-state index is 11.4. The minimum Gasteiger partial charge on any atom is -0.299 e. The molecule has 1 rings (SSSR count). The lowest BCUT2D eigenvalue weighted by atomic mass is 10.1. The van der Waals surface area contributed by atoms with Crippen LogP contribution in [0.1, 0.15) is 52.9 Å². The molecule has 0 atom stereocenters. The summed E-state index contributed by atoms with van der Waals surface area (Å²) < 4.78 is 0. The molecule has 0 bridgehead atoms. The normalized spacial score (nSPS) is 16.3. The molecule has 0 N–H and O–H groups in total. The first-order valence-electron chi connectivity index (χ1n) is 5.91. The zero-order chi connectivity index (χ0) is 11.3. The van der Waals surface area contributed by atoms with Crippen molar-refractivity contribution in [2.45, 2.75) is 52.9 Å². The maximum atomic E-state index is 11.4. The van der Waals surface area contributed by atoms with Gasteiger partial charge in [0.05, 0.1) is 0 Å². The fourth-order valence-corrected chi connectivity index (χ4v) is 1.54. The highest BCUT2D eigenvalue weighted by atomic mass is 16.1. The van der Waals surface area contributed by atoms with Crippen LogP contribution in [0.3, 0.4) is 0 Å². The van der Waals surface area contributed by atoms with Gasteiger partial charge in [0, 0.05) is 12.3 Å². The number of ketones is 1. The van der Waals surface area contributed by atoms with Crippen LogP contribution in [0.2, 0.25) is 0 Å². The monoisotopic (exact) mass is 206 g/mol. The standard InChI is InChI=1S/C14H22O/c1-11(2)5-4-6-12(3)7-10-14(15)13-8-9-13/h5,7,13H,4,6,8-10H2,1-3H3/b12-7+. The summed E-state index contributed by atoms with van der Waals surface area (Å²) in [7, 11) is 0. The third kappa shape index (κ3) is 5.56. The van der Waals surface area contributed by atoms with Crippen LogP contribution in [0.5, 0.6) is 0 Å². The van der Waals surface area contributed by atoms with Gasteiger partial charge in [-0.3, -0.25) is 4.79 Å². The van der Waals surface area contributed by atoms with Crippen molar-refractivity contribution in [2.24, 2.45) is 5.92 Å². The van der Waals surface area contributed by atoms with Crippen LogP contribution in [0.4, 0.5) is 0 Å². The van der Waals surface area contributed by atoms with Gasteiger partial charge in [-0.1, -0.05) is 23.3 Å². The summed E-state index contributed by atoms with van der Waals surface area (Å²) in [5, 5.41) is 0. The number of hydrogen-bond donors (Lipinski definition) is 0. The summed E-state index contributed by atoms with van der Waals surface area (Å²) in [5.74, 6) is 0.850. The molecule has 0 heterocycles. The van der Waals surface area contributed by atoms with Gasteiger partial charge in [0.2, 0.25) is 0 Å². The van der Waals surface area contributed by atoms with E-state index >= 15 is 0 Å². The van der Waals surface area contributed by atoms with Crippen molar-refractivity contribution < 1.29 is 4.79 Å². The molecule has 0 spiro atoms. The number of carbonyl (C=O) groups excluding carboxylic acids is 1. The molecule has 0 amide bonds. The number of carbonyl (C=O) groups is 1. The zero-order valence-corrected chi connectivity index (χ0v) is 10.2. The van der Waals surface area contributed by atoms with Gasteiger partial charge in [-0.2, -0.15) is 0 Å². The predicted octanol–water partition coefficient (Wildman–Crippen LogP) is 4.05. The lowest BCUT2D eigenvalue weighted by Gasteiger charge is -1.99. The lowest BCUT2D eigenvalue weighted by Crippen LogP contribution is -1.97. The van der Waals surface area contributed by atoms with Crippen LogP contribution in [0.25, 0.3) is 0 Å². The first-order chi connectivity index (χ1) is 7.09. The molecule has 1 fully saturated rings. The Hall–Kier alpha value is -0.850. The summed E-state index contributed by atoms with van der Waals surface area (Å²) >= 11 is 0. The third-order valence-corrected chi connectivity index (χ3v) is 2.78. The van der Waals surface area contributed by atoms with Crippen molar-refractivity contribution in [2.75, 3.05) is 0 Å². The van der Waals surface area contributed by atoms with Crippen molar-refractivity contribution in [1.82, 2.24) is 0 Å². The quantitative estimate of drug-likeness (QED) is 0.599. The molecule has 84 valence electrons. The summed E-state index contributed by atoms with van der Waals surface area (Å²) in [4.78, 5) is 11.4. The van der Waals surface area contributed by atoms with Crippen LogP contribution in [-0.2, 0) is 4.79 Å². The molecule has 1 nitrogen and oxygen atoms in total. The van der Waals surface area contributed by atoms with Crippen LogP contribution in [0.15, 0.2) is 23.3 Å². The van der Waals surface area contributed by atoms with E-state index in [4.69, 9.17) is 0 Å². The van der Waals surface area contributed by atoms with E-state index in [1.807, 2.05) is 0 Å². The van der Waals surface area contributed by atoms with Gasteiger partial charge in [-0.05, 0) is 46.5 Å². The molecule has 0 aliphatic heterocycles. The average Bonchev–Trinajstić information content (AvgIpc) is 2.96. The Balaban J connectivity index is 2.20. The van der Waals surface area contributed by atoms with Crippen LogP contribution >= 0.6 is 0 Å². The largest absolute Gasteiger partial charge is 0.299 e. The molecule has 0 saturated heterocycles. The summed E-state index contributed by atoms with van der Waals surface area (Å²) in [6.07, 6.45) is 9.46. The molecule has 0 unspecified atom stereocenters. The molecular formula is C14H22O.